The van der Waals surface area contributed by atoms with E-state index in [0.717, 1.165) is 19.1 Å². The van der Waals surface area contributed by atoms with Gasteiger partial charge in [0.15, 0.2) is 6.73 Å². The van der Waals surface area contributed by atoms with E-state index in [4.69, 9.17) is 10.3 Å². The second-order valence-electron chi connectivity index (χ2n) is 4.72. The molecule has 2 rings (SSSR count). The van der Waals surface area contributed by atoms with E-state index in [1.807, 2.05) is 0 Å². The molecule has 1 saturated carbocycles. The number of carbonyl (C=O) groups is 1. The van der Waals surface area contributed by atoms with Crippen molar-refractivity contribution in [3.63, 3.8) is 0 Å². The van der Waals surface area contributed by atoms with Crippen molar-refractivity contribution < 1.29 is 19.0 Å². The Balaban J connectivity index is 2.22. The van der Waals surface area contributed by atoms with Gasteiger partial charge in [0.1, 0.15) is 17.1 Å². The maximum Gasteiger partial charge on any atom is 0.343 e. The Hall–Kier alpha value is -2.38. The minimum absolute atomic E-state index is 0.106. The van der Waals surface area contributed by atoms with Crippen LogP contribution in [0.4, 0.5) is 10.1 Å². The van der Waals surface area contributed by atoms with Gasteiger partial charge < -0.3 is 9.84 Å². The van der Waals surface area contributed by atoms with E-state index in [-0.39, 0.29) is 22.9 Å². The van der Waals surface area contributed by atoms with E-state index < -0.39 is 18.5 Å². The Kier molecular flexibility index (Phi) is 5.72. The molecule has 0 unspecified atom stereocenters. The number of rotatable bonds is 6. The SMILES string of the molecule is [N-]=[N+]=NCOC(=O)C(C=Nc1ccc(Br)c(F)c1)=C(O)C1CC1. The van der Waals surface area contributed by atoms with Crippen LogP contribution < -0.4 is 0 Å². The molecule has 0 spiro atoms. The summed E-state index contributed by atoms with van der Waals surface area (Å²) in [6.45, 7) is -0.489. The summed E-state index contributed by atoms with van der Waals surface area (Å²) < 4.78 is 18.5. The van der Waals surface area contributed by atoms with Crippen LogP contribution in [0.2, 0.25) is 0 Å². The van der Waals surface area contributed by atoms with Crippen LogP contribution >= 0.6 is 15.9 Å². The molecule has 1 fully saturated rings. The van der Waals surface area contributed by atoms with Gasteiger partial charge in [0, 0.05) is 23.1 Å². The highest BCUT2D eigenvalue weighted by Gasteiger charge is 2.30. The number of hydrogen-bond donors (Lipinski definition) is 1. The molecule has 23 heavy (non-hydrogen) atoms. The van der Waals surface area contributed by atoms with Crippen molar-refractivity contribution in [3.05, 3.63) is 50.3 Å². The van der Waals surface area contributed by atoms with Crippen LogP contribution in [-0.4, -0.2) is 24.0 Å². The number of carbonyl (C=O) groups excluding carboxylic acids is 1. The lowest BCUT2D eigenvalue weighted by Gasteiger charge is -2.05. The number of azide groups is 1. The third kappa shape index (κ3) is 4.80. The van der Waals surface area contributed by atoms with Crippen LogP contribution in [0.1, 0.15) is 12.8 Å². The van der Waals surface area contributed by atoms with Gasteiger partial charge in [0.25, 0.3) is 0 Å². The summed E-state index contributed by atoms with van der Waals surface area (Å²) in [7, 11) is 0. The first-order valence-corrected chi connectivity index (χ1v) is 7.42. The highest BCUT2D eigenvalue weighted by atomic mass is 79.9. The van der Waals surface area contributed by atoms with Crippen LogP contribution in [0, 0.1) is 11.7 Å². The summed E-state index contributed by atoms with van der Waals surface area (Å²) >= 11 is 3.03. The van der Waals surface area contributed by atoms with Crippen molar-refractivity contribution in [2.24, 2.45) is 16.0 Å². The van der Waals surface area contributed by atoms with Crippen LogP contribution in [0.5, 0.6) is 0 Å². The minimum Gasteiger partial charge on any atom is -0.511 e. The lowest BCUT2D eigenvalue weighted by Crippen LogP contribution is -2.12. The summed E-state index contributed by atoms with van der Waals surface area (Å²) in [5.41, 5.74) is 8.30. The highest BCUT2D eigenvalue weighted by Crippen LogP contribution is 2.36. The Morgan fingerprint density at radius 2 is 2.30 bits per heavy atom. The molecular formula is C14H12BrFN4O3. The van der Waals surface area contributed by atoms with Gasteiger partial charge in [-0.3, -0.25) is 4.99 Å². The van der Waals surface area contributed by atoms with Gasteiger partial charge in [0.05, 0.1) is 10.2 Å². The molecular weight excluding hydrogens is 371 g/mol. The van der Waals surface area contributed by atoms with E-state index in [2.05, 4.69) is 30.9 Å². The van der Waals surface area contributed by atoms with Crippen LogP contribution in [0.15, 0.2) is 44.1 Å². The molecule has 0 heterocycles. The lowest BCUT2D eigenvalue weighted by molar-refractivity contribution is -0.138. The number of ether oxygens (including phenoxy) is 1. The molecule has 0 atom stereocenters. The van der Waals surface area contributed by atoms with Gasteiger partial charge in [-0.2, -0.15) is 0 Å². The van der Waals surface area contributed by atoms with Crippen molar-refractivity contribution >= 4 is 33.8 Å². The molecule has 0 aliphatic heterocycles. The molecule has 7 nitrogen and oxygen atoms in total. The van der Waals surface area contributed by atoms with Crippen molar-refractivity contribution in [2.75, 3.05) is 6.73 Å². The summed E-state index contributed by atoms with van der Waals surface area (Å²) in [4.78, 5) is 18.4. The molecule has 0 bridgehead atoms. The van der Waals surface area contributed by atoms with Crippen LogP contribution in [0.3, 0.4) is 0 Å². The maximum atomic E-state index is 13.4. The van der Waals surface area contributed by atoms with E-state index in [1.54, 1.807) is 6.07 Å². The maximum absolute atomic E-state index is 13.4. The fourth-order valence-electron chi connectivity index (χ4n) is 1.70. The Bertz CT molecular complexity index is 725. The molecule has 1 aliphatic rings. The predicted octanol–water partition coefficient (Wildman–Crippen LogP) is 4.32. The Morgan fingerprint density at radius 3 is 2.91 bits per heavy atom. The smallest absolute Gasteiger partial charge is 0.343 e. The van der Waals surface area contributed by atoms with Gasteiger partial charge in [-0.1, -0.05) is 5.11 Å². The molecule has 1 aliphatic carbocycles. The van der Waals surface area contributed by atoms with Gasteiger partial charge in [-0.25, -0.2) is 9.18 Å². The highest BCUT2D eigenvalue weighted by molar-refractivity contribution is 9.10. The summed E-state index contributed by atoms with van der Waals surface area (Å²) in [6, 6.07) is 4.20. The Morgan fingerprint density at radius 1 is 1.57 bits per heavy atom. The molecule has 0 radical (unpaired) electrons. The van der Waals surface area contributed by atoms with Gasteiger partial charge in [-0.15, -0.1) is 0 Å². The molecule has 120 valence electrons. The standard InChI is InChI=1S/C14H12BrFN4O3/c15-11-4-3-9(5-12(11)16)18-6-10(13(21)8-1-2-8)14(22)23-7-19-20-17/h3-6,8,21H,1-2,7H2. The molecule has 0 amide bonds. The quantitative estimate of drug-likeness (QED) is 0.150. The van der Waals surface area contributed by atoms with E-state index >= 15 is 0 Å². The van der Waals surface area contributed by atoms with Crippen LogP contribution in [-0.2, 0) is 9.53 Å². The first kappa shape index (κ1) is 17.0. The van der Waals surface area contributed by atoms with Gasteiger partial charge in [-0.05, 0) is 46.4 Å². The van der Waals surface area contributed by atoms with Crippen molar-refractivity contribution in [1.29, 1.82) is 0 Å². The molecule has 0 aromatic heterocycles. The lowest BCUT2D eigenvalue weighted by atomic mass is 10.2. The predicted molar refractivity (Wildman–Crippen MR) is 84.7 cm³/mol. The number of benzene rings is 1. The van der Waals surface area contributed by atoms with E-state index in [1.165, 1.54) is 12.1 Å². The molecule has 9 heteroatoms. The van der Waals surface area contributed by atoms with Gasteiger partial charge in [0.2, 0.25) is 0 Å². The molecule has 0 saturated heterocycles. The fourth-order valence-corrected chi connectivity index (χ4v) is 1.94. The number of allylic oxidation sites excluding steroid dienone is 1. The molecule has 1 N–H and O–H groups in total. The average Bonchev–Trinajstić information content (AvgIpc) is 3.36. The number of esters is 1. The normalized spacial score (nSPS) is 15.0. The average molecular weight is 383 g/mol. The summed E-state index contributed by atoms with van der Waals surface area (Å²) in [5, 5.41) is 13.1. The van der Waals surface area contributed by atoms with E-state index in [0.29, 0.717) is 4.47 Å². The first-order chi connectivity index (χ1) is 11.0. The van der Waals surface area contributed by atoms with Crippen LogP contribution in [0.25, 0.3) is 10.4 Å². The number of aliphatic imine (C=N–C) groups is 1. The molecule has 1 aromatic carbocycles. The number of aliphatic hydroxyl groups excluding tert-OH is 1. The zero-order chi connectivity index (χ0) is 16.8. The second-order valence-corrected chi connectivity index (χ2v) is 5.58. The first-order valence-electron chi connectivity index (χ1n) is 6.63. The third-order valence-electron chi connectivity index (χ3n) is 3.02. The van der Waals surface area contributed by atoms with Crippen molar-refractivity contribution in [2.45, 2.75) is 12.8 Å². The van der Waals surface area contributed by atoms with Crippen molar-refractivity contribution in [1.82, 2.24) is 0 Å². The number of nitrogens with zero attached hydrogens (tertiary/aromatic N) is 4. The molecule has 1 aromatic rings. The van der Waals surface area contributed by atoms with Crippen molar-refractivity contribution in [3.8, 4) is 0 Å². The number of aliphatic hydroxyl groups is 1. The Labute approximate surface area is 139 Å². The third-order valence-corrected chi connectivity index (χ3v) is 3.67. The second kappa shape index (κ2) is 7.75. The summed E-state index contributed by atoms with van der Waals surface area (Å²) in [6.07, 6.45) is 2.65. The zero-order valence-corrected chi connectivity index (χ0v) is 13.4. The monoisotopic (exact) mass is 382 g/mol. The largest absolute Gasteiger partial charge is 0.511 e. The van der Waals surface area contributed by atoms with Gasteiger partial charge >= 0.3 is 5.97 Å². The fraction of sp³-hybridized carbons (Fsp3) is 0.286. The number of halogens is 2. The van der Waals surface area contributed by atoms with E-state index in [9.17, 15) is 14.3 Å². The number of hydrogen-bond acceptors (Lipinski definition) is 5. The zero-order valence-electron chi connectivity index (χ0n) is 11.8. The summed E-state index contributed by atoms with van der Waals surface area (Å²) in [5.74, 6) is -1.59. The topological polar surface area (TPSA) is 108 Å². The minimum atomic E-state index is -0.858.